The van der Waals surface area contributed by atoms with Crippen LogP contribution in [0.2, 0.25) is 0 Å². The molecular weight excluding hydrogens is 430 g/mol. The molecule has 0 spiro atoms. The Bertz CT molecular complexity index is 545. The molecule has 5 rings (SSSR count). The monoisotopic (exact) mass is 459 g/mol. The molecule has 0 bridgehead atoms. The van der Waals surface area contributed by atoms with Crippen molar-refractivity contribution in [3.8, 4) is 0 Å². The summed E-state index contributed by atoms with van der Waals surface area (Å²) in [7, 11) is 0. The fourth-order valence-corrected chi connectivity index (χ4v) is 4.80. The van der Waals surface area contributed by atoms with Gasteiger partial charge in [0.05, 0.1) is 0 Å². The average molecular weight is 461 g/mol. The number of nitrogens with zero attached hydrogens (tertiary/aromatic N) is 1. The normalized spacial score (nSPS) is 27.8. The molecule has 0 amide bonds. The first-order valence-electron chi connectivity index (χ1n) is 10.9. The van der Waals surface area contributed by atoms with Gasteiger partial charge in [0.1, 0.15) is 0 Å². The number of hydrogen-bond acceptors (Lipinski definition) is 0. The van der Waals surface area contributed by atoms with Gasteiger partial charge in [0.15, 0.2) is 0 Å². The molecule has 0 atom stereocenters. The van der Waals surface area contributed by atoms with Gasteiger partial charge in [0.2, 0.25) is 0 Å². The minimum absolute atomic E-state index is 0. The molecule has 0 aromatic heterocycles. The van der Waals surface area contributed by atoms with Crippen LogP contribution in [0.4, 0.5) is 0 Å². The van der Waals surface area contributed by atoms with Crippen LogP contribution in [-0.4, -0.2) is 0 Å². The quantitative estimate of drug-likeness (QED) is 0.390. The van der Waals surface area contributed by atoms with Crippen molar-refractivity contribution in [2.45, 2.75) is 64.2 Å². The summed E-state index contributed by atoms with van der Waals surface area (Å²) >= 11 is 0. The van der Waals surface area contributed by atoms with Crippen molar-refractivity contribution in [2.24, 2.45) is 0 Å². The Morgan fingerprint density at radius 1 is 0.759 bits per heavy atom. The molecule has 29 heavy (non-hydrogen) atoms. The third-order valence-electron chi connectivity index (χ3n) is 6.33. The van der Waals surface area contributed by atoms with E-state index in [2.05, 4.69) is 37.9 Å². The Morgan fingerprint density at radius 2 is 1.31 bits per heavy atom. The molecule has 4 saturated carbocycles. The largest absolute Gasteiger partial charge is 4.00 e. The van der Waals surface area contributed by atoms with Crippen molar-refractivity contribution in [3.63, 3.8) is 0 Å². The summed E-state index contributed by atoms with van der Waals surface area (Å²) in [5.41, 5.74) is 0.924. The predicted molar refractivity (Wildman–Crippen MR) is 118 cm³/mol. The minimum Gasteiger partial charge on any atom is -0.749 e. The van der Waals surface area contributed by atoms with Gasteiger partial charge >= 0.3 is 26.2 Å². The Morgan fingerprint density at radius 3 is 1.76 bits per heavy atom. The van der Waals surface area contributed by atoms with Crippen LogP contribution >= 0.6 is 0 Å². The molecule has 0 saturated heterocycles. The molecule has 0 unspecified atom stereocenters. The first kappa shape index (κ1) is 23.4. The van der Waals surface area contributed by atoms with Gasteiger partial charge in [-0.25, -0.2) is 13.0 Å². The van der Waals surface area contributed by atoms with E-state index < -0.39 is 0 Å². The third kappa shape index (κ3) is 6.15. The van der Waals surface area contributed by atoms with Crippen molar-refractivity contribution < 1.29 is 26.2 Å². The van der Waals surface area contributed by atoms with Gasteiger partial charge in [-0.15, -0.1) is 0 Å². The van der Waals surface area contributed by atoms with E-state index in [9.17, 15) is 0 Å². The third-order valence-corrected chi connectivity index (χ3v) is 6.33. The van der Waals surface area contributed by atoms with E-state index in [1.165, 1.54) is 64.2 Å². The molecule has 0 aromatic rings. The van der Waals surface area contributed by atoms with Gasteiger partial charge in [-0.3, -0.25) is 0 Å². The van der Waals surface area contributed by atoms with Crippen molar-refractivity contribution in [3.05, 3.63) is 110 Å². The van der Waals surface area contributed by atoms with Gasteiger partial charge in [-0.05, 0) is 99.7 Å². The smallest absolute Gasteiger partial charge is 0.749 e. The van der Waals surface area contributed by atoms with Gasteiger partial charge < -0.3 is 11.0 Å². The fraction of sp³-hybridized carbons (Fsp3) is 0.370. The van der Waals surface area contributed by atoms with Crippen LogP contribution in [0.3, 0.4) is 0 Å². The predicted octanol–water partition coefficient (Wildman–Crippen LogP) is 7.36. The summed E-state index contributed by atoms with van der Waals surface area (Å²) in [6.07, 6.45) is 32.2. The van der Waals surface area contributed by atoms with Gasteiger partial charge in [0, 0.05) is 0 Å². The molecular formula is C27H31NZr+2. The van der Waals surface area contributed by atoms with Crippen LogP contribution in [0, 0.1) is 68.1 Å². The first-order valence-corrected chi connectivity index (χ1v) is 10.9. The number of hydrogen-bond donors (Lipinski definition) is 0. The van der Waals surface area contributed by atoms with Crippen LogP contribution in [0.25, 0.3) is 5.32 Å². The molecule has 5 aliphatic rings. The molecule has 0 N–H and O–H groups in total. The molecule has 4 fully saturated rings. The molecule has 1 aliphatic heterocycles. The van der Waals surface area contributed by atoms with Crippen LogP contribution in [0.15, 0.2) is 36.2 Å². The van der Waals surface area contributed by atoms with Gasteiger partial charge in [0.25, 0.3) is 0 Å². The summed E-state index contributed by atoms with van der Waals surface area (Å²) in [4.78, 5) is 0. The van der Waals surface area contributed by atoms with Crippen LogP contribution < -0.4 is 0 Å². The minimum atomic E-state index is 0. The summed E-state index contributed by atoms with van der Waals surface area (Å²) in [5.74, 6) is 10.00. The van der Waals surface area contributed by atoms with Gasteiger partial charge in [-0.2, -0.15) is 12.3 Å². The van der Waals surface area contributed by atoms with Crippen molar-refractivity contribution in [1.29, 1.82) is 0 Å². The Labute approximate surface area is 199 Å². The van der Waals surface area contributed by atoms with Crippen molar-refractivity contribution >= 4 is 0 Å². The second kappa shape index (κ2) is 12.0. The maximum Gasteiger partial charge on any atom is 4.00 e. The average Bonchev–Trinajstić information content (AvgIpc) is 3.37. The zero-order chi connectivity index (χ0) is 19.2. The molecule has 0 aromatic carbocycles. The zero-order valence-electron chi connectivity index (χ0n) is 17.4. The SMILES string of the molecule is [CH2-]/C=C1/C=CC=C[N-]1.[CH]1[CH][C](CC[C]2[CH][CH][C]3CCCC[C]32)[C]2CCCC[C]12.[Zr+4]. The Hall–Kier alpha value is -0.227. The molecule has 2 heteroatoms. The number of fused-ring (bicyclic) bond motifs is 2. The molecule has 10 radical (unpaired) electrons. The number of rotatable bonds is 3. The molecule has 146 valence electrons. The van der Waals surface area contributed by atoms with E-state index in [1.54, 1.807) is 47.8 Å². The summed E-state index contributed by atoms with van der Waals surface area (Å²) in [6.45, 7) is 3.57. The van der Waals surface area contributed by atoms with Crippen LogP contribution in [0.5, 0.6) is 0 Å². The Kier molecular flexibility index (Phi) is 9.68. The fourth-order valence-electron chi connectivity index (χ4n) is 4.80. The van der Waals surface area contributed by atoms with E-state index in [4.69, 9.17) is 0 Å². The van der Waals surface area contributed by atoms with E-state index in [1.807, 2.05) is 18.2 Å². The van der Waals surface area contributed by atoms with E-state index in [0.29, 0.717) is 0 Å². The van der Waals surface area contributed by atoms with E-state index in [-0.39, 0.29) is 26.2 Å². The maximum atomic E-state index is 3.98. The molecule has 1 nitrogen and oxygen atoms in total. The first-order chi connectivity index (χ1) is 13.8. The topological polar surface area (TPSA) is 14.1 Å². The van der Waals surface area contributed by atoms with Crippen molar-refractivity contribution in [2.75, 3.05) is 0 Å². The van der Waals surface area contributed by atoms with Crippen LogP contribution in [-0.2, 0) is 26.2 Å². The molecule has 4 aliphatic carbocycles. The second-order valence-corrected chi connectivity index (χ2v) is 8.10. The van der Waals surface area contributed by atoms with Gasteiger partial charge in [-0.1, -0.05) is 37.8 Å². The standard InChI is InChI=1S/C20H24.C7H7N.Zr/c1-3-7-19-15(5-1)9-11-17(19)13-14-18-12-10-16-6-2-4-8-20(16)18;1-2-7-5-3-4-6-8-7;/h9-12H,1-8,13-14H2;2-6H,1H2;/q;-2;+4/b;7-2-;. The molecule has 1 heterocycles. The van der Waals surface area contributed by atoms with Crippen molar-refractivity contribution in [1.82, 2.24) is 0 Å². The maximum absolute atomic E-state index is 3.98. The van der Waals surface area contributed by atoms with Crippen LogP contribution in [0.1, 0.15) is 64.2 Å². The summed E-state index contributed by atoms with van der Waals surface area (Å²) < 4.78 is 0. The number of allylic oxidation sites excluding steroid dienone is 4. The van der Waals surface area contributed by atoms with E-state index in [0.717, 1.165) is 5.70 Å². The van der Waals surface area contributed by atoms with E-state index >= 15 is 0 Å². The zero-order valence-corrected chi connectivity index (χ0v) is 19.9. The second-order valence-electron chi connectivity index (χ2n) is 8.10. The Balaban J connectivity index is 0.000000228. The summed E-state index contributed by atoms with van der Waals surface area (Å²) in [6, 6.07) is 0. The summed E-state index contributed by atoms with van der Waals surface area (Å²) in [5, 5.41) is 3.98.